The third-order valence-corrected chi connectivity index (χ3v) is 3.01. The zero-order valence-electron chi connectivity index (χ0n) is 10.2. The standard InChI is InChI=1S/C12H22N2O2/c1-3-4-5-6-7-14-9-10(16-2)8-11(14)12(13)15/h4-5,10-11H,3,6-9H2,1-2H3,(H2,13,15)/b5-4+/t10-,11-/m0/s1. The molecule has 2 atom stereocenters. The Hall–Kier alpha value is -0.870. The number of hydrogen-bond donors (Lipinski definition) is 1. The van der Waals surface area contributed by atoms with E-state index in [0.29, 0.717) is 0 Å². The first-order chi connectivity index (χ1) is 7.69. The molecule has 0 aromatic heterocycles. The van der Waals surface area contributed by atoms with Gasteiger partial charge < -0.3 is 10.5 Å². The van der Waals surface area contributed by atoms with Gasteiger partial charge in [0, 0.05) is 20.2 Å². The predicted molar refractivity (Wildman–Crippen MR) is 64.0 cm³/mol. The lowest BCUT2D eigenvalue weighted by Gasteiger charge is -2.20. The highest BCUT2D eigenvalue weighted by molar-refractivity contribution is 5.80. The van der Waals surface area contributed by atoms with Gasteiger partial charge in [-0.05, 0) is 19.3 Å². The van der Waals surface area contributed by atoms with Crippen molar-refractivity contribution >= 4 is 5.91 Å². The van der Waals surface area contributed by atoms with Crippen molar-refractivity contribution < 1.29 is 9.53 Å². The Labute approximate surface area is 97.4 Å². The molecule has 1 heterocycles. The molecule has 0 bridgehead atoms. The summed E-state index contributed by atoms with van der Waals surface area (Å²) in [5.41, 5.74) is 5.38. The van der Waals surface area contributed by atoms with E-state index in [1.54, 1.807) is 7.11 Å². The lowest BCUT2D eigenvalue weighted by atomic mass is 10.2. The van der Waals surface area contributed by atoms with Gasteiger partial charge >= 0.3 is 0 Å². The number of rotatable bonds is 6. The highest BCUT2D eigenvalue weighted by Gasteiger charge is 2.34. The number of carbonyl (C=O) groups is 1. The van der Waals surface area contributed by atoms with Gasteiger partial charge in [0.25, 0.3) is 0 Å². The molecule has 0 spiro atoms. The molecule has 4 nitrogen and oxygen atoms in total. The number of hydrogen-bond acceptors (Lipinski definition) is 3. The van der Waals surface area contributed by atoms with Crippen molar-refractivity contribution in [1.29, 1.82) is 0 Å². The minimum atomic E-state index is -0.237. The van der Waals surface area contributed by atoms with Gasteiger partial charge in [-0.1, -0.05) is 19.1 Å². The van der Waals surface area contributed by atoms with Crippen LogP contribution in [0.3, 0.4) is 0 Å². The number of likely N-dealkylation sites (tertiary alicyclic amines) is 1. The van der Waals surface area contributed by atoms with Crippen LogP contribution in [0.15, 0.2) is 12.2 Å². The first-order valence-corrected chi connectivity index (χ1v) is 5.90. The van der Waals surface area contributed by atoms with Crippen LogP contribution in [0.5, 0.6) is 0 Å². The molecule has 1 aliphatic heterocycles. The highest BCUT2D eigenvalue weighted by Crippen LogP contribution is 2.19. The van der Waals surface area contributed by atoms with Gasteiger partial charge in [-0.2, -0.15) is 0 Å². The van der Waals surface area contributed by atoms with Gasteiger partial charge in [-0.3, -0.25) is 9.69 Å². The van der Waals surface area contributed by atoms with Crippen LogP contribution in [0.4, 0.5) is 0 Å². The Balaban J connectivity index is 2.43. The molecule has 0 radical (unpaired) electrons. The van der Waals surface area contributed by atoms with Crippen molar-refractivity contribution in [2.24, 2.45) is 5.73 Å². The number of amides is 1. The Morgan fingerprint density at radius 2 is 2.31 bits per heavy atom. The number of nitrogens with zero attached hydrogens (tertiary/aromatic N) is 1. The monoisotopic (exact) mass is 226 g/mol. The largest absolute Gasteiger partial charge is 0.380 e. The van der Waals surface area contributed by atoms with E-state index in [-0.39, 0.29) is 18.1 Å². The molecule has 92 valence electrons. The molecule has 1 aliphatic rings. The van der Waals surface area contributed by atoms with Gasteiger partial charge in [-0.25, -0.2) is 0 Å². The van der Waals surface area contributed by atoms with Crippen LogP contribution in [0, 0.1) is 0 Å². The maximum absolute atomic E-state index is 11.3. The van der Waals surface area contributed by atoms with E-state index in [1.807, 2.05) is 0 Å². The maximum atomic E-state index is 11.3. The second kappa shape index (κ2) is 6.66. The second-order valence-corrected chi connectivity index (χ2v) is 4.17. The fraction of sp³-hybridized carbons (Fsp3) is 0.750. The number of primary amides is 1. The van der Waals surface area contributed by atoms with Crippen LogP contribution in [-0.4, -0.2) is 43.2 Å². The van der Waals surface area contributed by atoms with Crippen molar-refractivity contribution in [2.75, 3.05) is 20.2 Å². The van der Waals surface area contributed by atoms with Gasteiger partial charge in [0.1, 0.15) is 0 Å². The van der Waals surface area contributed by atoms with Crippen molar-refractivity contribution in [3.05, 3.63) is 12.2 Å². The molecule has 2 N–H and O–H groups in total. The van der Waals surface area contributed by atoms with Crippen LogP contribution in [0.2, 0.25) is 0 Å². The van der Waals surface area contributed by atoms with Gasteiger partial charge in [-0.15, -0.1) is 0 Å². The maximum Gasteiger partial charge on any atom is 0.234 e. The lowest BCUT2D eigenvalue weighted by molar-refractivity contribution is -0.122. The molecular formula is C12H22N2O2. The molecule has 16 heavy (non-hydrogen) atoms. The van der Waals surface area contributed by atoms with E-state index in [2.05, 4.69) is 24.0 Å². The Kier molecular flexibility index (Phi) is 5.49. The summed E-state index contributed by atoms with van der Waals surface area (Å²) >= 11 is 0. The Morgan fingerprint density at radius 3 is 2.88 bits per heavy atom. The summed E-state index contributed by atoms with van der Waals surface area (Å²) in [6.07, 6.45) is 7.19. The molecule has 0 aromatic rings. The molecule has 4 heteroatoms. The molecule has 0 unspecified atom stereocenters. The minimum Gasteiger partial charge on any atom is -0.380 e. The SMILES string of the molecule is CC/C=C/CCN1C[C@@H](OC)C[C@H]1C(N)=O. The molecule has 0 aromatic carbocycles. The van der Waals surface area contributed by atoms with Crippen LogP contribution in [0.25, 0.3) is 0 Å². The molecule has 1 fully saturated rings. The third-order valence-electron chi connectivity index (χ3n) is 3.01. The van der Waals surface area contributed by atoms with Crippen molar-refractivity contribution in [1.82, 2.24) is 4.90 Å². The Morgan fingerprint density at radius 1 is 1.56 bits per heavy atom. The summed E-state index contributed by atoms with van der Waals surface area (Å²) < 4.78 is 5.28. The van der Waals surface area contributed by atoms with Gasteiger partial charge in [0.05, 0.1) is 12.1 Å². The van der Waals surface area contributed by atoms with Crippen LogP contribution >= 0.6 is 0 Å². The fourth-order valence-electron chi connectivity index (χ4n) is 2.10. The van der Waals surface area contributed by atoms with E-state index in [9.17, 15) is 4.79 Å². The molecule has 1 amide bonds. The van der Waals surface area contributed by atoms with Gasteiger partial charge in [0.2, 0.25) is 5.91 Å². The third kappa shape index (κ3) is 3.61. The number of nitrogens with two attached hydrogens (primary N) is 1. The number of carbonyl (C=O) groups excluding carboxylic acids is 1. The average molecular weight is 226 g/mol. The number of methoxy groups -OCH3 is 1. The van der Waals surface area contributed by atoms with Crippen molar-refractivity contribution in [3.63, 3.8) is 0 Å². The normalized spacial score (nSPS) is 26.6. The molecule has 0 saturated carbocycles. The molecular weight excluding hydrogens is 204 g/mol. The zero-order valence-corrected chi connectivity index (χ0v) is 10.2. The van der Waals surface area contributed by atoms with Crippen molar-refractivity contribution in [3.8, 4) is 0 Å². The van der Waals surface area contributed by atoms with Crippen molar-refractivity contribution in [2.45, 2.75) is 38.3 Å². The quantitative estimate of drug-likeness (QED) is 0.685. The van der Waals surface area contributed by atoms with E-state index in [4.69, 9.17) is 10.5 Å². The van der Waals surface area contributed by atoms with Crippen LogP contribution in [0.1, 0.15) is 26.2 Å². The topological polar surface area (TPSA) is 55.6 Å². The summed E-state index contributed by atoms with van der Waals surface area (Å²) in [6.45, 7) is 3.80. The average Bonchev–Trinajstić information content (AvgIpc) is 2.68. The van der Waals surface area contributed by atoms with E-state index in [0.717, 1.165) is 32.4 Å². The predicted octanol–water partition coefficient (Wildman–Crippen LogP) is 0.917. The minimum absolute atomic E-state index is 0.146. The highest BCUT2D eigenvalue weighted by atomic mass is 16.5. The summed E-state index contributed by atoms with van der Waals surface area (Å²) in [6, 6.07) is -0.153. The Bertz CT molecular complexity index is 253. The smallest absolute Gasteiger partial charge is 0.234 e. The summed E-state index contributed by atoms with van der Waals surface area (Å²) in [7, 11) is 1.68. The number of ether oxygens (including phenoxy) is 1. The van der Waals surface area contributed by atoms with E-state index < -0.39 is 0 Å². The van der Waals surface area contributed by atoms with Gasteiger partial charge in [0.15, 0.2) is 0 Å². The molecule has 1 saturated heterocycles. The second-order valence-electron chi connectivity index (χ2n) is 4.17. The molecule has 1 rings (SSSR count). The molecule has 0 aliphatic carbocycles. The number of allylic oxidation sites excluding steroid dienone is 1. The summed E-state index contributed by atoms with van der Waals surface area (Å²) in [5, 5.41) is 0. The lowest BCUT2D eigenvalue weighted by Crippen LogP contribution is -2.40. The summed E-state index contributed by atoms with van der Waals surface area (Å²) in [5.74, 6) is -0.237. The first-order valence-electron chi connectivity index (χ1n) is 5.90. The van der Waals surface area contributed by atoms with Crippen LogP contribution < -0.4 is 5.73 Å². The fourth-order valence-corrected chi connectivity index (χ4v) is 2.10. The summed E-state index contributed by atoms with van der Waals surface area (Å²) in [4.78, 5) is 13.4. The van der Waals surface area contributed by atoms with E-state index >= 15 is 0 Å². The first kappa shape index (κ1) is 13.2. The van der Waals surface area contributed by atoms with E-state index in [1.165, 1.54) is 0 Å². The van der Waals surface area contributed by atoms with Crippen LogP contribution in [-0.2, 0) is 9.53 Å². The zero-order chi connectivity index (χ0) is 12.0.